The van der Waals surface area contributed by atoms with E-state index >= 15 is 0 Å². The lowest BCUT2D eigenvalue weighted by Crippen LogP contribution is -2.43. The molecule has 2 heterocycles. The maximum absolute atomic E-state index is 11.3. The van der Waals surface area contributed by atoms with Gasteiger partial charge in [-0.1, -0.05) is 20.3 Å². The van der Waals surface area contributed by atoms with Gasteiger partial charge in [0, 0.05) is 24.2 Å². The lowest BCUT2D eigenvalue weighted by atomic mass is 9.88. The first kappa shape index (κ1) is 16.9. The molecule has 2 rings (SSSR count). The Bertz CT molecular complexity index is 554. The molecule has 1 fully saturated rings. The van der Waals surface area contributed by atoms with E-state index in [-0.39, 0.29) is 5.75 Å². The van der Waals surface area contributed by atoms with E-state index in [1.807, 2.05) is 5.38 Å². The molecule has 120 valence electrons. The van der Waals surface area contributed by atoms with Crippen molar-refractivity contribution in [3.8, 4) is 0 Å². The molecule has 21 heavy (non-hydrogen) atoms. The van der Waals surface area contributed by atoms with Crippen LogP contribution in [0, 0.1) is 5.92 Å². The molecule has 2 atom stereocenters. The number of likely N-dealkylation sites (tertiary alicyclic amines) is 1. The van der Waals surface area contributed by atoms with Crippen LogP contribution in [-0.4, -0.2) is 37.1 Å². The van der Waals surface area contributed by atoms with E-state index in [9.17, 15) is 8.42 Å². The number of rotatable bonds is 6. The largest absolute Gasteiger partial charge is 0.294 e. The molecule has 0 amide bonds. The third-order valence-corrected chi connectivity index (χ3v) is 6.04. The summed E-state index contributed by atoms with van der Waals surface area (Å²) >= 11 is 1.46. The van der Waals surface area contributed by atoms with Gasteiger partial charge in [0.05, 0.1) is 5.69 Å². The van der Waals surface area contributed by atoms with Crippen LogP contribution in [0.25, 0.3) is 0 Å². The average Bonchev–Trinajstić information content (AvgIpc) is 2.78. The minimum Gasteiger partial charge on any atom is -0.294 e. The van der Waals surface area contributed by atoms with Crippen molar-refractivity contribution in [2.75, 3.05) is 12.8 Å². The van der Waals surface area contributed by atoms with Crippen LogP contribution in [0.5, 0.6) is 0 Å². The number of aromatic nitrogens is 1. The van der Waals surface area contributed by atoms with Crippen LogP contribution in [-0.2, 0) is 22.1 Å². The first-order valence-corrected chi connectivity index (χ1v) is 10.7. The van der Waals surface area contributed by atoms with Gasteiger partial charge >= 0.3 is 0 Å². The highest BCUT2D eigenvalue weighted by molar-refractivity contribution is 7.90. The van der Waals surface area contributed by atoms with Gasteiger partial charge in [-0.15, -0.1) is 11.3 Å². The van der Waals surface area contributed by atoms with E-state index in [1.165, 1.54) is 43.3 Å². The first-order chi connectivity index (χ1) is 9.89. The Hall–Kier alpha value is -0.460. The van der Waals surface area contributed by atoms with Gasteiger partial charge in [-0.2, -0.15) is 0 Å². The van der Waals surface area contributed by atoms with Crippen LogP contribution in [0.3, 0.4) is 0 Å². The number of thiazole rings is 1. The molecule has 0 spiro atoms. The molecule has 0 unspecified atom stereocenters. The quantitative estimate of drug-likeness (QED) is 0.804. The second kappa shape index (κ2) is 7.20. The predicted octanol–water partition coefficient (Wildman–Crippen LogP) is 3.09. The van der Waals surface area contributed by atoms with E-state index in [0.29, 0.717) is 11.0 Å². The fourth-order valence-corrected chi connectivity index (χ4v) is 5.21. The number of sulfone groups is 1. The van der Waals surface area contributed by atoms with Crippen LogP contribution >= 0.6 is 11.3 Å². The zero-order chi connectivity index (χ0) is 15.5. The second-order valence-corrected chi connectivity index (χ2v) is 9.33. The Morgan fingerprint density at radius 1 is 1.48 bits per heavy atom. The van der Waals surface area contributed by atoms with E-state index in [1.54, 1.807) is 0 Å². The SMILES string of the molecule is CCC[C@H]1[C@@H](C)CCCN1Cc1csc(CS(C)(=O)=O)n1. The van der Waals surface area contributed by atoms with Crippen molar-refractivity contribution in [1.29, 1.82) is 0 Å². The molecular formula is C15H26N2O2S2. The second-order valence-electron chi connectivity index (χ2n) is 6.25. The van der Waals surface area contributed by atoms with Gasteiger partial charge in [-0.25, -0.2) is 13.4 Å². The van der Waals surface area contributed by atoms with Crippen molar-refractivity contribution in [1.82, 2.24) is 9.88 Å². The van der Waals surface area contributed by atoms with Crippen molar-refractivity contribution in [3.63, 3.8) is 0 Å². The third-order valence-electron chi connectivity index (χ3n) is 4.17. The molecule has 0 saturated carbocycles. The fraction of sp³-hybridized carbons (Fsp3) is 0.800. The molecule has 6 heteroatoms. The Balaban J connectivity index is 2.02. The van der Waals surface area contributed by atoms with Gasteiger partial charge in [0.25, 0.3) is 0 Å². The molecule has 1 aliphatic rings. The van der Waals surface area contributed by atoms with E-state index < -0.39 is 9.84 Å². The summed E-state index contributed by atoms with van der Waals surface area (Å²) < 4.78 is 22.7. The molecule has 0 aromatic carbocycles. The van der Waals surface area contributed by atoms with Crippen LogP contribution in [0.4, 0.5) is 0 Å². The van der Waals surface area contributed by atoms with Crippen LogP contribution in [0.15, 0.2) is 5.38 Å². The van der Waals surface area contributed by atoms with Gasteiger partial charge in [0.1, 0.15) is 10.8 Å². The van der Waals surface area contributed by atoms with Crippen molar-refractivity contribution in [2.24, 2.45) is 5.92 Å². The minimum atomic E-state index is -2.99. The topological polar surface area (TPSA) is 50.3 Å². The third kappa shape index (κ3) is 5.04. The molecule has 1 aromatic rings. The van der Waals surface area contributed by atoms with E-state index in [0.717, 1.165) is 24.7 Å². The van der Waals surface area contributed by atoms with Crippen LogP contribution < -0.4 is 0 Å². The van der Waals surface area contributed by atoms with Gasteiger partial charge in [-0.3, -0.25) is 4.90 Å². The summed E-state index contributed by atoms with van der Waals surface area (Å²) in [5.74, 6) is 0.805. The standard InChI is InChI=1S/C15H26N2O2S2/c1-4-6-14-12(2)7-5-8-17(14)9-13-10-20-15(16-13)11-21(3,18)19/h10,12,14H,4-9,11H2,1-3H3/t12-,14-/m0/s1. The lowest BCUT2D eigenvalue weighted by Gasteiger charge is -2.39. The number of hydrogen-bond acceptors (Lipinski definition) is 5. The van der Waals surface area contributed by atoms with Crippen molar-refractivity contribution in [2.45, 2.75) is 57.9 Å². The van der Waals surface area contributed by atoms with Crippen LogP contribution in [0.1, 0.15) is 50.2 Å². The normalized spacial score (nSPS) is 24.3. The summed E-state index contributed by atoms with van der Waals surface area (Å²) in [4.78, 5) is 7.05. The Kier molecular flexibility index (Phi) is 5.80. The zero-order valence-corrected chi connectivity index (χ0v) is 14.8. The van der Waals surface area contributed by atoms with Crippen molar-refractivity contribution in [3.05, 3.63) is 16.1 Å². The highest BCUT2D eigenvalue weighted by Crippen LogP contribution is 2.28. The number of hydrogen-bond donors (Lipinski definition) is 0. The molecular weight excluding hydrogens is 304 g/mol. The summed E-state index contributed by atoms with van der Waals surface area (Å²) in [7, 11) is -2.99. The molecule has 1 saturated heterocycles. The number of nitrogens with zero attached hydrogens (tertiary/aromatic N) is 2. The summed E-state index contributed by atoms with van der Waals surface area (Å²) in [5.41, 5.74) is 1.02. The smallest absolute Gasteiger partial charge is 0.153 e. The Labute approximate surface area is 132 Å². The average molecular weight is 331 g/mol. The van der Waals surface area contributed by atoms with Crippen molar-refractivity contribution < 1.29 is 8.42 Å². The lowest BCUT2D eigenvalue weighted by molar-refractivity contribution is 0.0853. The molecule has 0 bridgehead atoms. The molecule has 0 N–H and O–H groups in total. The van der Waals surface area contributed by atoms with Crippen molar-refractivity contribution >= 4 is 21.2 Å². The van der Waals surface area contributed by atoms with Gasteiger partial charge in [0.15, 0.2) is 9.84 Å². The van der Waals surface area contributed by atoms with E-state index in [2.05, 4.69) is 23.7 Å². The number of piperidine rings is 1. The zero-order valence-electron chi connectivity index (χ0n) is 13.2. The Morgan fingerprint density at radius 2 is 2.24 bits per heavy atom. The summed E-state index contributed by atoms with van der Waals surface area (Å²) in [6.45, 7) is 6.58. The molecule has 1 aliphatic heterocycles. The van der Waals surface area contributed by atoms with Gasteiger partial charge in [-0.05, 0) is 31.7 Å². The predicted molar refractivity (Wildman–Crippen MR) is 88.2 cm³/mol. The fourth-order valence-electron chi connectivity index (χ4n) is 3.21. The molecule has 1 aromatic heterocycles. The maximum atomic E-state index is 11.3. The highest BCUT2D eigenvalue weighted by atomic mass is 32.2. The molecule has 0 radical (unpaired) electrons. The monoisotopic (exact) mass is 330 g/mol. The highest BCUT2D eigenvalue weighted by Gasteiger charge is 2.28. The summed E-state index contributed by atoms with van der Waals surface area (Å²) in [6.07, 6.45) is 6.28. The molecule has 4 nitrogen and oxygen atoms in total. The molecule has 0 aliphatic carbocycles. The van der Waals surface area contributed by atoms with Gasteiger partial charge in [0.2, 0.25) is 0 Å². The first-order valence-electron chi connectivity index (χ1n) is 7.74. The summed E-state index contributed by atoms with van der Waals surface area (Å²) in [5, 5.41) is 2.73. The Morgan fingerprint density at radius 3 is 2.90 bits per heavy atom. The maximum Gasteiger partial charge on any atom is 0.153 e. The minimum absolute atomic E-state index is 0.0620. The summed E-state index contributed by atoms with van der Waals surface area (Å²) in [6, 6.07) is 0.642. The van der Waals surface area contributed by atoms with E-state index in [4.69, 9.17) is 0 Å². The van der Waals surface area contributed by atoms with Crippen LogP contribution in [0.2, 0.25) is 0 Å². The van der Waals surface area contributed by atoms with Gasteiger partial charge < -0.3 is 0 Å².